The molecule has 5 rings (SSSR count). The fraction of sp³-hybridized carbons (Fsp3) is 0.538. The van der Waals surface area contributed by atoms with Gasteiger partial charge in [0.15, 0.2) is 5.13 Å². The molecule has 9 heteroatoms. The summed E-state index contributed by atoms with van der Waals surface area (Å²) < 4.78 is 0. The Bertz CT molecular complexity index is 1110. The van der Waals surface area contributed by atoms with Gasteiger partial charge in [-0.3, -0.25) is 4.90 Å². The highest BCUT2D eigenvalue weighted by Crippen LogP contribution is 2.30. The van der Waals surface area contributed by atoms with Crippen LogP contribution in [0.3, 0.4) is 0 Å². The minimum atomic E-state index is 0.478. The lowest BCUT2D eigenvalue weighted by molar-refractivity contribution is 0.264. The van der Waals surface area contributed by atoms with E-state index < -0.39 is 0 Å². The molecule has 0 unspecified atom stereocenters. The van der Waals surface area contributed by atoms with E-state index in [-0.39, 0.29) is 0 Å². The van der Waals surface area contributed by atoms with Crippen LogP contribution in [0.15, 0.2) is 30.6 Å². The third-order valence-corrected chi connectivity index (χ3v) is 7.93. The first kappa shape index (κ1) is 24.1. The number of pyridine rings is 1. The molecule has 186 valence electrons. The maximum absolute atomic E-state index is 4.79. The Kier molecular flexibility index (Phi) is 7.55. The molecule has 1 aliphatic carbocycles. The fourth-order valence-electron chi connectivity index (χ4n) is 4.98. The van der Waals surface area contributed by atoms with E-state index in [4.69, 9.17) is 4.98 Å². The van der Waals surface area contributed by atoms with Gasteiger partial charge in [-0.25, -0.2) is 19.9 Å². The lowest BCUT2D eigenvalue weighted by atomic mass is 9.96. The summed E-state index contributed by atoms with van der Waals surface area (Å²) in [7, 11) is 4.33. The van der Waals surface area contributed by atoms with Gasteiger partial charge in [-0.2, -0.15) is 0 Å². The van der Waals surface area contributed by atoms with Gasteiger partial charge in [-0.05, 0) is 58.0 Å². The number of likely N-dealkylation sites (N-methyl/N-ethyl adjacent to an activating group) is 1. The molecule has 4 heterocycles. The molecule has 2 aliphatic rings. The van der Waals surface area contributed by atoms with Crippen LogP contribution in [-0.2, 0) is 6.54 Å². The number of aryl methyl sites for hydroxylation is 1. The minimum Gasteiger partial charge on any atom is -0.351 e. The Labute approximate surface area is 212 Å². The van der Waals surface area contributed by atoms with Gasteiger partial charge in [0.25, 0.3) is 0 Å². The SMILES string of the molecule is Cc1cc(-c2cnc(Nc3ccc(CN4CC[C@H](N(C)C)C4)cn3)s2)nc(NC2CCCCC2)n1. The molecule has 0 spiro atoms. The van der Waals surface area contributed by atoms with Gasteiger partial charge in [0, 0.05) is 49.8 Å². The van der Waals surface area contributed by atoms with Gasteiger partial charge >= 0.3 is 0 Å². The molecule has 3 aromatic heterocycles. The monoisotopic (exact) mass is 492 g/mol. The zero-order valence-corrected chi connectivity index (χ0v) is 21.8. The van der Waals surface area contributed by atoms with Gasteiger partial charge < -0.3 is 15.5 Å². The van der Waals surface area contributed by atoms with Gasteiger partial charge in [-0.15, -0.1) is 0 Å². The van der Waals surface area contributed by atoms with E-state index in [0.717, 1.165) is 52.8 Å². The van der Waals surface area contributed by atoms with Gasteiger partial charge in [0.05, 0.1) is 10.6 Å². The van der Waals surface area contributed by atoms with Crippen molar-refractivity contribution in [2.24, 2.45) is 0 Å². The van der Waals surface area contributed by atoms with Crippen LogP contribution in [0.4, 0.5) is 16.9 Å². The summed E-state index contributed by atoms with van der Waals surface area (Å²) in [6.45, 7) is 5.23. The minimum absolute atomic E-state index is 0.478. The normalized spacial score (nSPS) is 19.4. The first-order chi connectivity index (χ1) is 17.0. The summed E-state index contributed by atoms with van der Waals surface area (Å²) in [6.07, 6.45) is 11.4. The smallest absolute Gasteiger partial charge is 0.223 e. The Balaban J connectivity index is 1.20. The summed E-state index contributed by atoms with van der Waals surface area (Å²) in [5.74, 6) is 1.53. The molecule has 0 bridgehead atoms. The number of hydrogen-bond acceptors (Lipinski definition) is 9. The Morgan fingerprint density at radius 3 is 2.66 bits per heavy atom. The summed E-state index contributed by atoms with van der Waals surface area (Å²) >= 11 is 1.58. The molecular weight excluding hydrogens is 456 g/mol. The maximum Gasteiger partial charge on any atom is 0.223 e. The van der Waals surface area contributed by atoms with Crippen molar-refractivity contribution in [3.63, 3.8) is 0 Å². The third kappa shape index (κ3) is 6.34. The van der Waals surface area contributed by atoms with E-state index >= 15 is 0 Å². The fourth-order valence-corrected chi connectivity index (χ4v) is 5.76. The van der Waals surface area contributed by atoms with E-state index in [0.29, 0.717) is 12.1 Å². The number of anilines is 3. The van der Waals surface area contributed by atoms with Crippen molar-refractivity contribution >= 4 is 28.2 Å². The van der Waals surface area contributed by atoms with Gasteiger partial charge in [0.1, 0.15) is 5.82 Å². The zero-order chi connectivity index (χ0) is 24.2. The van der Waals surface area contributed by atoms with E-state index in [1.807, 2.05) is 31.5 Å². The number of nitrogens with zero attached hydrogens (tertiary/aromatic N) is 6. The van der Waals surface area contributed by atoms with Crippen molar-refractivity contribution in [1.82, 2.24) is 29.7 Å². The first-order valence-corrected chi connectivity index (χ1v) is 13.5. The van der Waals surface area contributed by atoms with Crippen LogP contribution in [0.25, 0.3) is 10.6 Å². The quantitative estimate of drug-likeness (QED) is 0.458. The van der Waals surface area contributed by atoms with Crippen molar-refractivity contribution in [3.8, 4) is 10.6 Å². The second-order valence-corrected chi connectivity index (χ2v) is 11.1. The van der Waals surface area contributed by atoms with Crippen LogP contribution in [0.1, 0.15) is 49.8 Å². The molecular formula is C26H36N8S. The maximum atomic E-state index is 4.79. The Morgan fingerprint density at radius 1 is 1.06 bits per heavy atom. The molecule has 0 aromatic carbocycles. The van der Waals surface area contributed by atoms with Gasteiger partial charge in [-0.1, -0.05) is 36.7 Å². The number of rotatable bonds is 8. The van der Waals surface area contributed by atoms with Crippen LogP contribution in [-0.4, -0.2) is 69.0 Å². The molecule has 0 radical (unpaired) electrons. The number of likely N-dealkylation sites (tertiary alicyclic amines) is 1. The highest BCUT2D eigenvalue weighted by atomic mass is 32.1. The number of aromatic nitrogens is 4. The van der Waals surface area contributed by atoms with Crippen LogP contribution in [0, 0.1) is 6.92 Å². The molecule has 1 atom stereocenters. The van der Waals surface area contributed by atoms with Crippen molar-refractivity contribution in [2.75, 3.05) is 37.8 Å². The van der Waals surface area contributed by atoms with E-state index in [1.54, 1.807) is 11.3 Å². The second kappa shape index (κ2) is 11.0. The highest BCUT2D eigenvalue weighted by molar-refractivity contribution is 7.18. The van der Waals surface area contributed by atoms with E-state index in [2.05, 4.69) is 55.5 Å². The van der Waals surface area contributed by atoms with Crippen molar-refractivity contribution < 1.29 is 0 Å². The summed E-state index contributed by atoms with van der Waals surface area (Å²) in [5, 5.41) is 7.71. The molecule has 1 saturated carbocycles. The Morgan fingerprint density at radius 2 is 1.91 bits per heavy atom. The van der Waals surface area contributed by atoms with Crippen molar-refractivity contribution in [2.45, 2.75) is 64.1 Å². The topological polar surface area (TPSA) is 82.1 Å². The molecule has 1 saturated heterocycles. The van der Waals surface area contributed by atoms with Crippen LogP contribution in [0.2, 0.25) is 0 Å². The molecule has 35 heavy (non-hydrogen) atoms. The molecule has 0 amide bonds. The third-order valence-electron chi connectivity index (χ3n) is 6.99. The summed E-state index contributed by atoms with van der Waals surface area (Å²) in [6, 6.07) is 7.35. The first-order valence-electron chi connectivity index (χ1n) is 12.7. The molecule has 3 aromatic rings. The predicted molar refractivity (Wildman–Crippen MR) is 143 cm³/mol. The average molecular weight is 493 g/mol. The largest absolute Gasteiger partial charge is 0.351 e. The summed E-state index contributed by atoms with van der Waals surface area (Å²) in [5.41, 5.74) is 3.11. The molecule has 2 fully saturated rings. The number of nitrogens with one attached hydrogen (secondary N) is 2. The van der Waals surface area contributed by atoms with Gasteiger partial charge in [0.2, 0.25) is 5.95 Å². The molecule has 2 N–H and O–H groups in total. The Hall–Kier alpha value is -2.62. The van der Waals surface area contributed by atoms with Crippen LogP contribution < -0.4 is 10.6 Å². The summed E-state index contributed by atoms with van der Waals surface area (Å²) in [4.78, 5) is 24.4. The van der Waals surface area contributed by atoms with Crippen LogP contribution in [0.5, 0.6) is 0 Å². The zero-order valence-electron chi connectivity index (χ0n) is 21.0. The van der Waals surface area contributed by atoms with E-state index in [1.165, 1.54) is 44.1 Å². The predicted octanol–water partition coefficient (Wildman–Crippen LogP) is 4.93. The standard InChI is InChI=1S/C26H36N8S/c1-18-13-22(31-25(29-18)30-20-7-5-4-6-8-20)23-15-28-26(35-23)32-24-10-9-19(14-27-24)16-34-12-11-21(17-34)33(2)3/h9-10,13-15,20-21H,4-8,11-12,16-17H2,1-3H3,(H,27,28,32)(H,29,30,31)/t21-/m0/s1. The van der Waals surface area contributed by atoms with E-state index in [9.17, 15) is 0 Å². The van der Waals surface area contributed by atoms with Crippen LogP contribution >= 0.6 is 11.3 Å². The lowest BCUT2D eigenvalue weighted by Crippen LogP contribution is -2.31. The molecule has 8 nitrogen and oxygen atoms in total. The van der Waals surface area contributed by atoms with Crippen molar-refractivity contribution in [1.29, 1.82) is 0 Å². The van der Waals surface area contributed by atoms with Crippen molar-refractivity contribution in [3.05, 3.63) is 41.9 Å². The average Bonchev–Trinajstić information content (AvgIpc) is 3.51. The second-order valence-electron chi connectivity index (χ2n) is 10.0. The number of hydrogen-bond donors (Lipinski definition) is 2. The highest BCUT2D eigenvalue weighted by Gasteiger charge is 2.23. The number of thiazole rings is 1. The molecule has 1 aliphatic heterocycles. The lowest BCUT2D eigenvalue weighted by Gasteiger charge is -2.22.